The first-order chi connectivity index (χ1) is 16.8. The molecule has 1 amide bonds. The maximum absolute atomic E-state index is 12.7. The third kappa shape index (κ3) is 5.42. The van der Waals surface area contributed by atoms with Crippen LogP contribution in [0.4, 0.5) is 0 Å². The zero-order valence-corrected chi connectivity index (χ0v) is 19.2. The summed E-state index contributed by atoms with van der Waals surface area (Å²) in [5.41, 5.74) is -0.125. The van der Waals surface area contributed by atoms with E-state index in [1.54, 1.807) is 0 Å². The minimum atomic E-state index is -1.04. The van der Waals surface area contributed by atoms with Crippen LogP contribution in [0.5, 0.6) is 5.88 Å². The fourth-order valence-electron chi connectivity index (χ4n) is 4.68. The molecule has 0 atom stereocenters. The highest BCUT2D eigenvalue weighted by molar-refractivity contribution is 5.81. The number of aromatic hydroxyl groups is 1. The Labute approximate surface area is 200 Å². The molecule has 0 spiro atoms. The molecule has 4 rings (SSSR count). The number of carbonyl (C=O) groups excluding carboxylic acids is 1. The number of aliphatic carboxylic acids is 1. The van der Waals surface area contributed by atoms with Crippen LogP contribution < -0.4 is 27.1 Å². The molecular weight excluding hydrogens is 452 g/mol. The van der Waals surface area contributed by atoms with Crippen LogP contribution in [0.15, 0.2) is 44.5 Å². The van der Waals surface area contributed by atoms with E-state index in [9.17, 15) is 24.3 Å². The van der Waals surface area contributed by atoms with Gasteiger partial charge in [0.1, 0.15) is 5.56 Å². The van der Waals surface area contributed by atoms with Gasteiger partial charge in [0, 0.05) is 24.2 Å². The number of carbonyl (C=O) groups is 2. The molecule has 10 heteroatoms. The fourth-order valence-corrected chi connectivity index (χ4v) is 4.68. The molecular formula is C25H28N4O6. The number of aromatic nitrogens is 2. The Morgan fingerprint density at radius 1 is 1.14 bits per heavy atom. The van der Waals surface area contributed by atoms with E-state index >= 15 is 0 Å². The Bertz CT molecular complexity index is 1410. The number of carboxylic acids is 1. The van der Waals surface area contributed by atoms with Gasteiger partial charge in [0.15, 0.2) is 0 Å². The lowest BCUT2D eigenvalue weighted by Gasteiger charge is -2.24. The molecule has 1 saturated carbocycles. The second-order valence-corrected chi connectivity index (χ2v) is 8.79. The molecule has 1 aliphatic heterocycles. The Kier molecular flexibility index (Phi) is 7.28. The minimum Gasteiger partial charge on any atom is -0.494 e. The van der Waals surface area contributed by atoms with Crippen molar-refractivity contribution in [1.82, 2.24) is 14.9 Å². The van der Waals surface area contributed by atoms with Gasteiger partial charge < -0.3 is 15.5 Å². The van der Waals surface area contributed by atoms with E-state index in [4.69, 9.17) is 5.11 Å². The van der Waals surface area contributed by atoms with Gasteiger partial charge in [0.05, 0.1) is 17.5 Å². The van der Waals surface area contributed by atoms with E-state index in [0.29, 0.717) is 17.5 Å². The maximum Gasteiger partial charge on any atom is 0.331 e. The average Bonchev–Trinajstić information content (AvgIpc) is 3.18. The Morgan fingerprint density at radius 2 is 1.89 bits per heavy atom. The van der Waals surface area contributed by atoms with E-state index in [-0.39, 0.29) is 42.8 Å². The normalized spacial score (nSPS) is 16.7. The number of benzene rings is 1. The van der Waals surface area contributed by atoms with Gasteiger partial charge in [-0.15, -0.1) is 0 Å². The zero-order chi connectivity index (χ0) is 24.9. The van der Waals surface area contributed by atoms with E-state index in [1.807, 2.05) is 24.3 Å². The minimum absolute atomic E-state index is 0.0373. The van der Waals surface area contributed by atoms with Crippen molar-refractivity contribution in [2.75, 3.05) is 6.54 Å². The summed E-state index contributed by atoms with van der Waals surface area (Å²) in [7, 11) is 0. The number of hydrogen-bond acceptors (Lipinski definition) is 6. The van der Waals surface area contributed by atoms with Gasteiger partial charge in [-0.05, 0) is 37.0 Å². The molecule has 2 heterocycles. The molecule has 1 aromatic heterocycles. The number of para-hydroxylation sites is 1. The van der Waals surface area contributed by atoms with Crippen molar-refractivity contribution in [1.29, 1.82) is 0 Å². The van der Waals surface area contributed by atoms with Gasteiger partial charge in [0.2, 0.25) is 11.8 Å². The number of hydrogen-bond donors (Lipinski definition) is 4. The number of aromatic amines is 1. The molecule has 2 aliphatic rings. The van der Waals surface area contributed by atoms with Crippen LogP contribution in [0.25, 0.3) is 11.6 Å². The van der Waals surface area contributed by atoms with Crippen LogP contribution in [-0.4, -0.2) is 38.2 Å². The first kappa shape index (κ1) is 24.2. The van der Waals surface area contributed by atoms with Gasteiger partial charge >= 0.3 is 11.7 Å². The van der Waals surface area contributed by atoms with Crippen LogP contribution in [0, 0.1) is 0 Å². The van der Waals surface area contributed by atoms with Gasteiger partial charge in [-0.25, -0.2) is 9.79 Å². The van der Waals surface area contributed by atoms with Gasteiger partial charge in [-0.3, -0.25) is 23.9 Å². The summed E-state index contributed by atoms with van der Waals surface area (Å²) < 4.78 is 1.28. The average molecular weight is 481 g/mol. The molecule has 1 fully saturated rings. The van der Waals surface area contributed by atoms with Crippen molar-refractivity contribution in [2.24, 2.45) is 4.99 Å². The number of amides is 1. The van der Waals surface area contributed by atoms with Crippen molar-refractivity contribution in [3.8, 4) is 5.88 Å². The monoisotopic (exact) mass is 480 g/mol. The first-order valence-corrected chi connectivity index (χ1v) is 11.8. The molecule has 10 nitrogen and oxygen atoms in total. The van der Waals surface area contributed by atoms with Crippen LogP contribution in [0.1, 0.15) is 63.0 Å². The van der Waals surface area contributed by atoms with Crippen LogP contribution >= 0.6 is 0 Å². The zero-order valence-electron chi connectivity index (χ0n) is 19.2. The summed E-state index contributed by atoms with van der Waals surface area (Å²) in [5.74, 6) is -1.77. The highest BCUT2D eigenvalue weighted by Crippen LogP contribution is 2.31. The number of nitrogens with zero attached hydrogens (tertiary/aromatic N) is 2. The van der Waals surface area contributed by atoms with Crippen LogP contribution in [-0.2, 0) is 9.59 Å². The summed E-state index contributed by atoms with van der Waals surface area (Å²) >= 11 is 0. The number of H-pyrrole nitrogens is 1. The number of allylic oxidation sites excluding steroid dienone is 1. The lowest BCUT2D eigenvalue weighted by Crippen LogP contribution is -2.34. The number of fused-ring (bicyclic) bond motifs is 1. The standard InChI is InChI=1S/C25H28N4O6/c30-21(10-11-22(31)32)26-13-12-17-16-8-4-5-9-19(16)27-20(17)14-18-23(33)28-25(35)29(24(18)34)15-6-2-1-3-7-15/h4-5,8-9,14-15,34H,1-3,6-7,10-13H2,(H,26,30)(H,31,32)(H,28,33,35). The first-order valence-electron chi connectivity index (χ1n) is 11.8. The predicted molar refractivity (Wildman–Crippen MR) is 128 cm³/mol. The molecule has 184 valence electrons. The summed E-state index contributed by atoms with van der Waals surface area (Å²) in [6, 6.07) is 7.23. The Hall–Kier alpha value is -3.95. The van der Waals surface area contributed by atoms with Gasteiger partial charge in [-0.1, -0.05) is 37.5 Å². The highest BCUT2D eigenvalue weighted by Gasteiger charge is 2.23. The molecule has 1 aromatic carbocycles. The Morgan fingerprint density at radius 3 is 2.63 bits per heavy atom. The van der Waals surface area contributed by atoms with Crippen molar-refractivity contribution in [2.45, 2.75) is 57.4 Å². The SMILES string of the molecule is O=C(O)CCC(=O)NCCC1=c2ccccc2=NC1=Cc1c(O)n(C2CCCCC2)c(=O)[nH]c1=O. The van der Waals surface area contributed by atoms with Crippen LogP contribution in [0.3, 0.4) is 0 Å². The van der Waals surface area contributed by atoms with Crippen molar-refractivity contribution in [3.05, 3.63) is 66.9 Å². The molecule has 4 N–H and O–H groups in total. The fraction of sp³-hybridized carbons (Fsp3) is 0.400. The largest absolute Gasteiger partial charge is 0.494 e. The lowest BCUT2D eigenvalue weighted by atomic mass is 9.95. The number of carboxylic acid groups (broad SMARTS) is 1. The summed E-state index contributed by atoms with van der Waals surface area (Å²) in [6.45, 7) is 0.249. The van der Waals surface area contributed by atoms with E-state index in [2.05, 4.69) is 15.3 Å². The quantitative estimate of drug-likeness (QED) is 0.441. The van der Waals surface area contributed by atoms with E-state index < -0.39 is 17.2 Å². The number of rotatable bonds is 8. The molecule has 0 radical (unpaired) electrons. The molecule has 0 saturated heterocycles. The van der Waals surface area contributed by atoms with E-state index in [1.165, 1.54) is 10.6 Å². The van der Waals surface area contributed by atoms with Crippen molar-refractivity contribution >= 4 is 23.5 Å². The summed E-state index contributed by atoms with van der Waals surface area (Å²) in [6.07, 6.45) is 5.99. The maximum atomic E-state index is 12.7. The topological polar surface area (TPSA) is 154 Å². The number of nitrogens with one attached hydrogen (secondary N) is 2. The molecule has 1 aliphatic carbocycles. The summed E-state index contributed by atoms with van der Waals surface area (Å²) in [4.78, 5) is 54.7. The lowest BCUT2D eigenvalue weighted by molar-refractivity contribution is -0.138. The van der Waals surface area contributed by atoms with Crippen molar-refractivity contribution in [3.63, 3.8) is 0 Å². The van der Waals surface area contributed by atoms with Gasteiger partial charge in [0.25, 0.3) is 5.56 Å². The van der Waals surface area contributed by atoms with Crippen molar-refractivity contribution < 1.29 is 19.8 Å². The van der Waals surface area contributed by atoms with E-state index in [0.717, 1.165) is 42.9 Å². The second-order valence-electron chi connectivity index (χ2n) is 8.79. The molecule has 0 bridgehead atoms. The molecule has 0 unspecified atom stereocenters. The second kappa shape index (κ2) is 10.5. The third-order valence-electron chi connectivity index (χ3n) is 6.42. The third-order valence-corrected chi connectivity index (χ3v) is 6.42. The Balaban J connectivity index is 1.66. The van der Waals surface area contributed by atoms with Gasteiger partial charge in [-0.2, -0.15) is 0 Å². The molecule has 35 heavy (non-hydrogen) atoms. The summed E-state index contributed by atoms with van der Waals surface area (Å²) in [5, 5.41) is 23.9. The van der Waals surface area contributed by atoms with Crippen LogP contribution in [0.2, 0.25) is 0 Å². The molecule has 2 aromatic rings. The highest BCUT2D eigenvalue weighted by atomic mass is 16.4. The predicted octanol–water partition coefficient (Wildman–Crippen LogP) is 0.943. The smallest absolute Gasteiger partial charge is 0.331 e.